The molecule has 5 atom stereocenters. The van der Waals surface area contributed by atoms with Crippen LogP contribution in [0.5, 0.6) is 0 Å². The minimum absolute atomic E-state index is 0.0578. The number of aromatic amines is 1. The predicted octanol–water partition coefficient (Wildman–Crippen LogP) is 3.35. The Labute approximate surface area is 338 Å². The summed E-state index contributed by atoms with van der Waals surface area (Å²) in [7, 11) is 0. The predicted molar refractivity (Wildman–Crippen MR) is 220 cm³/mol. The van der Waals surface area contributed by atoms with Crippen molar-refractivity contribution in [3.8, 4) is 0 Å². The van der Waals surface area contributed by atoms with Gasteiger partial charge < -0.3 is 42.0 Å². The molecule has 0 aliphatic carbocycles. The number of ether oxygens (including phenoxy) is 1. The van der Waals surface area contributed by atoms with Gasteiger partial charge in [-0.25, -0.2) is 4.79 Å². The summed E-state index contributed by atoms with van der Waals surface area (Å²) in [6.07, 6.45) is 4.88. The minimum atomic E-state index is -1.30. The first-order valence-corrected chi connectivity index (χ1v) is 20.2. The fourth-order valence-electron chi connectivity index (χ4n) is 6.98. The topological polar surface area (TPSA) is 214 Å². The molecule has 308 valence electrons. The molecule has 5 rings (SSSR count). The van der Waals surface area contributed by atoms with E-state index in [9.17, 15) is 28.8 Å². The standard InChI is InChI=1S/C44H55N7O7/c1-29(58-44(57)31-18-8-5-9-19-31)39-43(56)46-25-15-3-2-10-23-38(52)48-36(26-30-16-6-4-7-17-30)41(54)50-37(27-32-28-47-34-21-12-11-20-33(32)34)42(55)49-35(40(53)51-39)22-13-14-24-45/h4-9,11-12,16-21,28-29,35-37,39,47H,2-3,10,13-15,22-27,45H2,1H3,(H,46,56)(H,48,52)(H,49,55)(H,50,54)(H,51,53)/t29-,35+,36+,37?,39+/m1/s1. The van der Waals surface area contributed by atoms with E-state index in [1.807, 2.05) is 54.6 Å². The lowest BCUT2D eigenvalue weighted by atomic mass is 10.0. The van der Waals surface area contributed by atoms with Gasteiger partial charge in [0, 0.05) is 42.9 Å². The molecule has 1 fully saturated rings. The lowest BCUT2D eigenvalue weighted by Gasteiger charge is -2.28. The Morgan fingerprint density at radius 1 is 0.707 bits per heavy atom. The van der Waals surface area contributed by atoms with E-state index < -0.39 is 59.9 Å². The molecule has 1 unspecified atom stereocenters. The van der Waals surface area contributed by atoms with Crippen LogP contribution >= 0.6 is 0 Å². The van der Waals surface area contributed by atoms with Crippen molar-refractivity contribution in [2.24, 2.45) is 5.73 Å². The number of carbonyl (C=O) groups excluding carboxylic acids is 6. The molecule has 8 N–H and O–H groups in total. The Balaban J connectivity index is 1.46. The van der Waals surface area contributed by atoms with Gasteiger partial charge in [0.2, 0.25) is 29.5 Å². The summed E-state index contributed by atoms with van der Waals surface area (Å²) in [5.41, 5.74) is 8.49. The first-order chi connectivity index (χ1) is 28.1. The van der Waals surface area contributed by atoms with Gasteiger partial charge in [-0.1, -0.05) is 79.6 Å². The zero-order chi connectivity index (χ0) is 41.3. The lowest BCUT2D eigenvalue weighted by molar-refractivity contribution is -0.135. The summed E-state index contributed by atoms with van der Waals surface area (Å²) in [5.74, 6) is -3.39. The molecule has 5 amide bonds. The number of nitrogens with two attached hydrogens (primary N) is 1. The maximum Gasteiger partial charge on any atom is 0.338 e. The quantitative estimate of drug-likeness (QED) is 0.0882. The van der Waals surface area contributed by atoms with Crippen LogP contribution in [0.2, 0.25) is 0 Å². The molecule has 1 aliphatic heterocycles. The van der Waals surface area contributed by atoms with E-state index >= 15 is 0 Å². The first-order valence-electron chi connectivity index (χ1n) is 20.2. The van der Waals surface area contributed by atoms with E-state index in [0.717, 1.165) is 22.0 Å². The molecule has 0 bridgehead atoms. The SMILES string of the molecule is C[C@@H](OC(=O)c1ccccc1)[C@@H]1NC(=O)[C@H](CCCCN)NC(=O)C(Cc2c[nH]c3ccccc23)NC(=O)[C@H](Cc2ccccc2)NC(=O)CCCCCCNC1=O. The molecule has 4 aromatic rings. The molecule has 1 aliphatic rings. The van der Waals surface area contributed by atoms with Gasteiger partial charge in [0.25, 0.3) is 0 Å². The molecule has 2 heterocycles. The Bertz CT molecular complexity index is 1990. The van der Waals surface area contributed by atoms with Gasteiger partial charge in [-0.15, -0.1) is 0 Å². The van der Waals surface area contributed by atoms with Crippen molar-refractivity contribution in [2.45, 2.75) is 101 Å². The van der Waals surface area contributed by atoms with Gasteiger partial charge in [-0.3, -0.25) is 24.0 Å². The van der Waals surface area contributed by atoms with E-state index in [1.165, 1.54) is 6.92 Å². The summed E-state index contributed by atoms with van der Waals surface area (Å²) >= 11 is 0. The summed E-state index contributed by atoms with van der Waals surface area (Å²) < 4.78 is 5.69. The first kappa shape index (κ1) is 43.1. The number of hydrogen-bond acceptors (Lipinski definition) is 8. The Morgan fingerprint density at radius 3 is 2.09 bits per heavy atom. The molecule has 3 aromatic carbocycles. The highest BCUT2D eigenvalue weighted by atomic mass is 16.5. The molecular formula is C44H55N7O7. The average molecular weight is 794 g/mol. The molecule has 0 radical (unpaired) electrons. The van der Waals surface area contributed by atoms with Crippen LogP contribution in [0, 0.1) is 0 Å². The largest absolute Gasteiger partial charge is 0.456 e. The van der Waals surface area contributed by atoms with Gasteiger partial charge in [-0.2, -0.15) is 0 Å². The zero-order valence-electron chi connectivity index (χ0n) is 33.0. The van der Waals surface area contributed by atoms with Crippen LogP contribution in [-0.2, 0) is 41.6 Å². The van der Waals surface area contributed by atoms with Gasteiger partial charge >= 0.3 is 5.97 Å². The maximum absolute atomic E-state index is 14.4. The second-order valence-electron chi connectivity index (χ2n) is 14.7. The van der Waals surface area contributed by atoms with E-state index in [2.05, 4.69) is 31.6 Å². The van der Waals surface area contributed by atoms with E-state index in [1.54, 1.807) is 36.5 Å². The molecule has 0 saturated carbocycles. The van der Waals surface area contributed by atoms with E-state index in [4.69, 9.17) is 10.5 Å². The Hall–Kier alpha value is -6.02. The number of unbranched alkanes of at least 4 members (excludes halogenated alkanes) is 1. The summed E-state index contributed by atoms with van der Waals surface area (Å²) in [4.78, 5) is 86.0. The Kier molecular flexibility index (Phi) is 16.4. The summed E-state index contributed by atoms with van der Waals surface area (Å²) in [6.45, 7) is 2.16. The number of rotatable bonds is 11. The van der Waals surface area contributed by atoms with Crippen molar-refractivity contribution >= 4 is 46.4 Å². The smallest absolute Gasteiger partial charge is 0.338 e. The number of benzene rings is 3. The second kappa shape index (κ2) is 22.1. The van der Waals surface area contributed by atoms with Gasteiger partial charge in [-0.05, 0) is 74.9 Å². The molecule has 1 saturated heterocycles. The average Bonchev–Trinajstić information content (AvgIpc) is 3.64. The van der Waals surface area contributed by atoms with E-state index in [0.29, 0.717) is 45.1 Å². The van der Waals surface area contributed by atoms with Crippen LogP contribution in [-0.4, -0.2) is 83.9 Å². The highest BCUT2D eigenvalue weighted by molar-refractivity contribution is 5.97. The number of para-hydroxylation sites is 1. The third-order valence-electron chi connectivity index (χ3n) is 10.2. The fourth-order valence-corrected chi connectivity index (χ4v) is 6.98. The number of nitrogens with one attached hydrogen (secondary N) is 6. The second-order valence-corrected chi connectivity index (χ2v) is 14.7. The fraction of sp³-hybridized carbons (Fsp3) is 0.409. The number of amides is 5. The van der Waals surface area contributed by atoms with Crippen molar-refractivity contribution in [3.63, 3.8) is 0 Å². The van der Waals surface area contributed by atoms with Gasteiger partial charge in [0.1, 0.15) is 30.3 Å². The van der Waals surface area contributed by atoms with E-state index in [-0.39, 0.29) is 43.7 Å². The third kappa shape index (κ3) is 12.7. The number of H-pyrrole nitrogens is 1. The van der Waals surface area contributed by atoms with Crippen LogP contribution in [0.3, 0.4) is 0 Å². The van der Waals surface area contributed by atoms with Gasteiger partial charge in [0.05, 0.1) is 5.56 Å². The zero-order valence-corrected chi connectivity index (χ0v) is 33.0. The van der Waals surface area contributed by atoms with Crippen molar-refractivity contribution in [1.29, 1.82) is 0 Å². The van der Waals surface area contributed by atoms with Crippen molar-refractivity contribution in [3.05, 3.63) is 108 Å². The van der Waals surface area contributed by atoms with Crippen LogP contribution in [0.15, 0.2) is 91.1 Å². The highest BCUT2D eigenvalue weighted by Gasteiger charge is 2.35. The number of aromatic nitrogens is 1. The molecule has 0 spiro atoms. The monoisotopic (exact) mass is 793 g/mol. The van der Waals surface area contributed by atoms with Gasteiger partial charge in [0.15, 0.2) is 0 Å². The van der Waals surface area contributed by atoms with Crippen molar-refractivity contribution < 1.29 is 33.5 Å². The number of esters is 1. The summed E-state index contributed by atoms with van der Waals surface area (Å²) in [6, 6.07) is 20.6. The number of hydrogen-bond donors (Lipinski definition) is 7. The molecular weight excluding hydrogens is 739 g/mol. The van der Waals surface area contributed by atoms with Crippen LogP contribution in [0.25, 0.3) is 10.9 Å². The maximum atomic E-state index is 14.4. The summed E-state index contributed by atoms with van der Waals surface area (Å²) in [5, 5.41) is 15.1. The normalized spacial score (nSPS) is 21.1. The number of carbonyl (C=O) groups is 6. The minimum Gasteiger partial charge on any atom is -0.456 e. The van der Waals surface area contributed by atoms with Crippen LogP contribution < -0.4 is 32.3 Å². The molecule has 14 heteroatoms. The van der Waals surface area contributed by atoms with Crippen LogP contribution in [0.4, 0.5) is 0 Å². The van der Waals surface area contributed by atoms with Crippen LogP contribution in [0.1, 0.15) is 79.8 Å². The molecule has 1 aromatic heterocycles. The Morgan fingerprint density at radius 2 is 1.34 bits per heavy atom. The molecule has 14 nitrogen and oxygen atoms in total. The highest BCUT2D eigenvalue weighted by Crippen LogP contribution is 2.20. The third-order valence-corrected chi connectivity index (χ3v) is 10.2. The molecule has 58 heavy (non-hydrogen) atoms. The number of fused-ring (bicyclic) bond motifs is 1. The van der Waals surface area contributed by atoms with Crippen molar-refractivity contribution in [1.82, 2.24) is 31.6 Å². The van der Waals surface area contributed by atoms with Crippen molar-refractivity contribution in [2.75, 3.05) is 13.1 Å². The lowest BCUT2D eigenvalue weighted by Crippen LogP contribution is -2.60.